The van der Waals surface area contributed by atoms with Crippen molar-refractivity contribution < 1.29 is 33.3 Å². The Morgan fingerprint density at radius 1 is 0.966 bits per heavy atom. The molecule has 0 unspecified atom stereocenters. The molecule has 0 radical (unpaired) electrons. The van der Waals surface area contributed by atoms with E-state index in [1.807, 2.05) is 0 Å². The van der Waals surface area contributed by atoms with Crippen LogP contribution >= 0.6 is 0 Å². The summed E-state index contributed by atoms with van der Waals surface area (Å²) < 4.78 is 27.4. The van der Waals surface area contributed by atoms with Gasteiger partial charge in [0.25, 0.3) is 0 Å². The van der Waals surface area contributed by atoms with E-state index in [-0.39, 0.29) is 0 Å². The smallest absolute Gasteiger partial charge is 0.313 e. The van der Waals surface area contributed by atoms with Crippen LogP contribution in [0.2, 0.25) is 0 Å². The number of carbonyl (C=O) groups excluding carboxylic acids is 2. The summed E-state index contributed by atoms with van der Waals surface area (Å²) in [4.78, 5) is 29.7. The predicted molar refractivity (Wildman–Crippen MR) is 99.4 cm³/mol. The van der Waals surface area contributed by atoms with Crippen LogP contribution in [0.3, 0.4) is 0 Å². The van der Waals surface area contributed by atoms with Crippen LogP contribution in [0.25, 0.3) is 0 Å². The number of carbonyl (C=O) groups is 2. The van der Waals surface area contributed by atoms with E-state index in [2.05, 4.69) is 4.98 Å². The van der Waals surface area contributed by atoms with E-state index in [1.165, 1.54) is 28.4 Å². The van der Waals surface area contributed by atoms with Crippen LogP contribution in [0.15, 0.2) is 36.7 Å². The first kappa shape index (κ1) is 19.2. The Kier molecular flexibility index (Phi) is 4.66. The topological polar surface area (TPSA) is 93.2 Å². The fraction of sp³-hybridized carbons (Fsp3) is 0.381. The largest absolute Gasteiger partial charge is 0.493 e. The average molecular weight is 399 g/mol. The number of fused-ring (bicyclic) bond motifs is 5. The molecule has 2 aliphatic heterocycles. The highest BCUT2D eigenvalue weighted by Crippen LogP contribution is 2.65. The molecule has 1 saturated heterocycles. The number of methoxy groups -OCH3 is 4. The zero-order chi connectivity index (χ0) is 20.8. The first-order valence-corrected chi connectivity index (χ1v) is 9.03. The minimum Gasteiger partial charge on any atom is -0.493 e. The van der Waals surface area contributed by atoms with Crippen LogP contribution in [0, 0.1) is 11.8 Å². The Labute approximate surface area is 167 Å². The van der Waals surface area contributed by atoms with E-state index in [4.69, 9.17) is 23.7 Å². The first-order valence-electron chi connectivity index (χ1n) is 9.03. The molecule has 1 aromatic carbocycles. The Balaban J connectivity index is 2.04. The lowest BCUT2D eigenvalue weighted by atomic mass is 9.66. The maximum Gasteiger partial charge on any atom is 0.313 e. The number of pyridine rings is 1. The molecule has 2 aromatic rings. The fourth-order valence-electron chi connectivity index (χ4n) is 4.55. The normalized spacial score (nSPS) is 26.6. The van der Waals surface area contributed by atoms with Gasteiger partial charge in [0.2, 0.25) is 0 Å². The molecule has 1 aromatic heterocycles. The minimum absolute atomic E-state index is 0.495. The van der Waals surface area contributed by atoms with Crippen molar-refractivity contribution in [3.8, 4) is 11.5 Å². The molecule has 29 heavy (non-hydrogen) atoms. The van der Waals surface area contributed by atoms with Crippen LogP contribution in [0.5, 0.6) is 11.5 Å². The number of hydrogen-bond donors (Lipinski definition) is 0. The van der Waals surface area contributed by atoms with E-state index in [0.29, 0.717) is 17.1 Å². The van der Waals surface area contributed by atoms with Crippen molar-refractivity contribution in [2.45, 2.75) is 11.7 Å². The van der Waals surface area contributed by atoms with Gasteiger partial charge in [0.15, 0.2) is 11.5 Å². The quantitative estimate of drug-likeness (QED) is 0.705. The summed E-state index contributed by atoms with van der Waals surface area (Å²) in [5, 5.41) is 0. The van der Waals surface area contributed by atoms with Gasteiger partial charge in [0, 0.05) is 12.4 Å². The van der Waals surface area contributed by atoms with Crippen LogP contribution in [0.1, 0.15) is 22.8 Å². The van der Waals surface area contributed by atoms with E-state index in [9.17, 15) is 9.59 Å². The van der Waals surface area contributed by atoms with Crippen molar-refractivity contribution >= 4 is 11.9 Å². The lowest BCUT2D eigenvalue weighted by Crippen LogP contribution is -2.45. The Morgan fingerprint density at radius 2 is 1.59 bits per heavy atom. The molecule has 8 nitrogen and oxygen atoms in total. The third kappa shape index (κ3) is 2.52. The maximum absolute atomic E-state index is 12.9. The van der Waals surface area contributed by atoms with Crippen LogP contribution < -0.4 is 9.47 Å². The Bertz CT molecular complexity index is 961. The number of esters is 2. The Morgan fingerprint density at radius 3 is 2.17 bits per heavy atom. The second-order valence-corrected chi connectivity index (χ2v) is 6.85. The molecule has 4 atom stereocenters. The molecule has 2 bridgehead atoms. The average Bonchev–Trinajstić information content (AvgIpc) is 3.30. The van der Waals surface area contributed by atoms with E-state index < -0.39 is 35.5 Å². The van der Waals surface area contributed by atoms with Crippen LogP contribution in [-0.2, 0) is 29.4 Å². The highest BCUT2D eigenvalue weighted by molar-refractivity contribution is 5.87. The number of nitrogens with zero attached hydrogens (tertiary/aromatic N) is 1. The maximum atomic E-state index is 12.9. The minimum atomic E-state index is -1.24. The number of hydrogen-bond acceptors (Lipinski definition) is 8. The molecule has 8 heteroatoms. The van der Waals surface area contributed by atoms with Gasteiger partial charge in [0.05, 0.1) is 34.5 Å². The van der Waals surface area contributed by atoms with Crippen molar-refractivity contribution in [1.29, 1.82) is 0 Å². The van der Waals surface area contributed by atoms with E-state index in [1.54, 1.807) is 36.7 Å². The highest BCUT2D eigenvalue weighted by Gasteiger charge is 2.68. The number of benzene rings is 1. The summed E-state index contributed by atoms with van der Waals surface area (Å²) in [5.74, 6) is -1.90. The summed E-state index contributed by atoms with van der Waals surface area (Å²) in [6.45, 7) is 0. The Hall–Kier alpha value is -3.13. The molecule has 0 N–H and O–H groups in total. The molecule has 152 valence electrons. The molecule has 0 saturated carbocycles. The van der Waals surface area contributed by atoms with Crippen molar-refractivity contribution in [2.24, 2.45) is 11.8 Å². The van der Waals surface area contributed by atoms with Crippen molar-refractivity contribution in [1.82, 2.24) is 4.98 Å². The van der Waals surface area contributed by atoms with Crippen LogP contribution in [-0.4, -0.2) is 45.4 Å². The molecule has 0 amide bonds. The lowest BCUT2D eigenvalue weighted by molar-refractivity contribution is -0.158. The summed E-state index contributed by atoms with van der Waals surface area (Å²) in [5.41, 5.74) is 0.913. The van der Waals surface area contributed by atoms with Gasteiger partial charge in [-0.15, -0.1) is 0 Å². The van der Waals surface area contributed by atoms with Crippen molar-refractivity contribution in [3.63, 3.8) is 0 Å². The second kappa shape index (κ2) is 7.04. The summed E-state index contributed by atoms with van der Waals surface area (Å²) >= 11 is 0. The lowest BCUT2D eigenvalue weighted by Gasteiger charge is -2.35. The fourth-order valence-corrected chi connectivity index (χ4v) is 4.55. The number of rotatable bonds is 5. The molecular weight excluding hydrogens is 378 g/mol. The van der Waals surface area contributed by atoms with Crippen LogP contribution in [0.4, 0.5) is 0 Å². The number of aromatic nitrogens is 1. The molecular formula is C21H21NO7. The molecule has 0 spiro atoms. The zero-order valence-electron chi connectivity index (χ0n) is 16.5. The van der Waals surface area contributed by atoms with Crippen molar-refractivity contribution in [2.75, 3.05) is 28.4 Å². The molecule has 0 aliphatic carbocycles. The van der Waals surface area contributed by atoms with Crippen molar-refractivity contribution in [3.05, 3.63) is 53.3 Å². The summed E-state index contributed by atoms with van der Waals surface area (Å²) in [7, 11) is 5.65. The zero-order valence-corrected chi connectivity index (χ0v) is 16.5. The van der Waals surface area contributed by atoms with Gasteiger partial charge in [-0.25, -0.2) is 0 Å². The predicted octanol–water partition coefficient (Wildman–Crippen LogP) is 2.01. The monoisotopic (exact) mass is 399 g/mol. The third-order valence-electron chi connectivity index (χ3n) is 5.74. The van der Waals surface area contributed by atoms with Gasteiger partial charge in [-0.3, -0.25) is 14.6 Å². The summed E-state index contributed by atoms with van der Waals surface area (Å²) in [6.07, 6.45) is 2.52. The van der Waals surface area contributed by atoms with Gasteiger partial charge in [-0.05, 0) is 41.0 Å². The number of ether oxygens (including phenoxy) is 5. The third-order valence-corrected chi connectivity index (χ3v) is 5.74. The first-order chi connectivity index (χ1) is 14.0. The van der Waals surface area contributed by atoms with E-state index >= 15 is 0 Å². The highest BCUT2D eigenvalue weighted by atomic mass is 16.6. The molecule has 2 aliphatic rings. The van der Waals surface area contributed by atoms with Gasteiger partial charge in [-0.1, -0.05) is 0 Å². The van der Waals surface area contributed by atoms with Gasteiger partial charge >= 0.3 is 11.9 Å². The van der Waals surface area contributed by atoms with Gasteiger partial charge in [-0.2, -0.15) is 0 Å². The molecule has 4 rings (SSSR count). The summed E-state index contributed by atoms with van der Waals surface area (Å²) in [6, 6.07) is 7.10. The SMILES string of the molecule is COC(=O)[C@@H]1[C@@H](C(=O)OC)[C@]2(c3ccncc3)O[C@H]1c1cc(OC)c(OC)cc12. The molecule has 1 fully saturated rings. The van der Waals surface area contributed by atoms with E-state index in [0.717, 1.165) is 11.1 Å². The van der Waals surface area contributed by atoms with Gasteiger partial charge in [0.1, 0.15) is 17.4 Å². The second-order valence-electron chi connectivity index (χ2n) is 6.85. The van der Waals surface area contributed by atoms with Gasteiger partial charge < -0.3 is 23.7 Å². The molecule has 3 heterocycles. The standard InChI is InChI=1S/C21H21NO7/c1-25-14-9-12-13(10-15(14)26-2)21(11-5-7-22-8-6-11)17(20(24)28-4)16(18(12)29-21)19(23)27-3/h5-10,16-18H,1-4H3/t16-,17+,18+,21-/m1/s1.